The Morgan fingerprint density at radius 1 is 0.517 bits per heavy atom. The Bertz CT molecular complexity index is 1500. The molecule has 0 aliphatic carbocycles. The van der Waals surface area contributed by atoms with Crippen molar-refractivity contribution in [2.45, 2.75) is 0 Å². The summed E-state index contributed by atoms with van der Waals surface area (Å²) in [5.41, 5.74) is 8.21. The highest BCUT2D eigenvalue weighted by Crippen LogP contribution is 2.59. The van der Waals surface area contributed by atoms with Gasteiger partial charge in [-0.2, -0.15) is 0 Å². The molecule has 3 aliphatic heterocycles. The molecule has 4 heterocycles. The Morgan fingerprint density at radius 3 is 1.79 bits per heavy atom. The molecule has 3 aliphatic rings. The maximum Gasteiger partial charge on any atom is 0.519 e. The van der Waals surface area contributed by atoms with E-state index in [1.807, 2.05) is 6.26 Å². The first-order chi connectivity index (χ1) is 14.4. The van der Waals surface area contributed by atoms with Gasteiger partial charge in [-0.3, -0.25) is 0 Å². The summed E-state index contributed by atoms with van der Waals surface area (Å²) >= 11 is 0. The number of nitrogens with zero attached hydrogens (tertiary/aromatic N) is 3. The summed E-state index contributed by atoms with van der Waals surface area (Å²) in [7, 11) is 0.0172. The van der Waals surface area contributed by atoms with Crippen molar-refractivity contribution in [1.82, 2.24) is 0 Å². The molecule has 5 aromatic rings. The zero-order valence-electron chi connectivity index (χ0n) is 15.4. The average Bonchev–Trinajstić information content (AvgIpc) is 3.34. The number of para-hydroxylation sites is 2. The van der Waals surface area contributed by atoms with Gasteiger partial charge in [0, 0.05) is 22.4 Å². The molecule has 0 atom stereocenters. The molecule has 1 aromatic heterocycles. The predicted octanol–water partition coefficient (Wildman–Crippen LogP) is 6.33. The fraction of sp³-hybridized carbons (Fsp3) is 0. The summed E-state index contributed by atoms with van der Waals surface area (Å²) < 4.78 is 6.00. The topological polar surface area (TPSA) is 22.9 Å². The summed E-state index contributed by atoms with van der Waals surface area (Å²) in [6.45, 7) is 0. The van der Waals surface area contributed by atoms with Crippen LogP contribution in [-0.2, 0) is 0 Å². The monoisotopic (exact) mass is 371 g/mol. The van der Waals surface area contributed by atoms with Crippen LogP contribution in [0, 0.1) is 0 Å². The summed E-state index contributed by atoms with van der Waals surface area (Å²) in [5, 5.41) is 3.74. The number of fused-ring (bicyclic) bond motifs is 7. The fourth-order valence-electron chi connectivity index (χ4n) is 5.49. The number of benzene rings is 4. The zero-order valence-corrected chi connectivity index (χ0v) is 15.4. The van der Waals surface area contributed by atoms with E-state index in [0.29, 0.717) is 0 Å². The second-order valence-electron chi connectivity index (χ2n) is 7.87. The van der Waals surface area contributed by atoms with Gasteiger partial charge in [-0.05, 0) is 41.8 Å². The first-order valence-corrected chi connectivity index (χ1v) is 9.90. The predicted molar refractivity (Wildman–Crippen MR) is 119 cm³/mol. The van der Waals surface area contributed by atoms with Gasteiger partial charge in [0.15, 0.2) is 0 Å². The highest BCUT2D eigenvalue weighted by atomic mass is 16.3. The Kier molecular flexibility index (Phi) is 2.24. The van der Waals surface area contributed by atoms with Crippen LogP contribution in [0.2, 0.25) is 0 Å². The molecule has 134 valence electrons. The fourth-order valence-corrected chi connectivity index (χ4v) is 5.49. The van der Waals surface area contributed by atoms with Crippen LogP contribution in [-0.4, -0.2) is 7.12 Å². The molecule has 0 bridgehead atoms. The molecule has 29 heavy (non-hydrogen) atoms. The molecule has 4 nitrogen and oxygen atoms in total. The van der Waals surface area contributed by atoms with Crippen LogP contribution >= 0.6 is 0 Å². The first kappa shape index (κ1) is 14.2. The summed E-state index contributed by atoms with van der Waals surface area (Å²) in [5.74, 6) is 0. The molecule has 0 fully saturated rings. The minimum absolute atomic E-state index is 0.0172. The van der Waals surface area contributed by atoms with Gasteiger partial charge in [0.1, 0.15) is 11.8 Å². The van der Waals surface area contributed by atoms with Crippen molar-refractivity contribution in [3.05, 3.63) is 85.1 Å². The molecule has 0 radical (unpaired) electrons. The van der Waals surface area contributed by atoms with Gasteiger partial charge in [0.2, 0.25) is 0 Å². The lowest BCUT2D eigenvalue weighted by Crippen LogP contribution is -2.58. The number of hydrogen-bond acceptors (Lipinski definition) is 4. The van der Waals surface area contributed by atoms with E-state index in [-0.39, 0.29) is 7.12 Å². The van der Waals surface area contributed by atoms with Crippen LogP contribution in [0.15, 0.2) is 89.5 Å². The van der Waals surface area contributed by atoms with E-state index < -0.39 is 0 Å². The van der Waals surface area contributed by atoms with Gasteiger partial charge in [0.25, 0.3) is 0 Å². The van der Waals surface area contributed by atoms with Crippen LogP contribution < -0.4 is 14.4 Å². The van der Waals surface area contributed by atoms with Crippen molar-refractivity contribution in [2.24, 2.45) is 0 Å². The third-order valence-corrected chi connectivity index (χ3v) is 6.55. The second-order valence-corrected chi connectivity index (χ2v) is 7.87. The van der Waals surface area contributed by atoms with Gasteiger partial charge < -0.3 is 18.8 Å². The molecule has 0 saturated heterocycles. The number of furan rings is 1. The van der Waals surface area contributed by atoms with Gasteiger partial charge >= 0.3 is 7.12 Å². The molecule has 0 unspecified atom stereocenters. The van der Waals surface area contributed by atoms with Gasteiger partial charge in [-0.25, -0.2) is 0 Å². The SMILES string of the molecule is c1ccc2c(c1)N1B3N2c2coc4cccc(c24)N3c2cccc3cccc1c23. The lowest BCUT2D eigenvalue weighted by molar-refractivity contribution is 0.616. The smallest absolute Gasteiger partial charge is 0.462 e. The molecule has 0 N–H and O–H groups in total. The molecular weight excluding hydrogens is 357 g/mol. The Hall–Kier alpha value is -3.86. The van der Waals surface area contributed by atoms with Crippen LogP contribution in [0.3, 0.4) is 0 Å². The maximum absolute atomic E-state index is 6.00. The molecule has 8 rings (SSSR count). The standard InChI is InChI=1S/C24H14BN3O/c1-2-9-17-16(8-1)26-18-10-3-6-15-7-4-11-19(23(15)18)28-20-12-5-13-22-24(20)21(14-29-22)27(17)25(26)28/h1-14H. The first-order valence-electron chi connectivity index (χ1n) is 9.90. The van der Waals surface area contributed by atoms with Crippen LogP contribution in [0.5, 0.6) is 0 Å². The normalized spacial score (nSPS) is 15.3. The van der Waals surface area contributed by atoms with Crippen molar-refractivity contribution in [1.29, 1.82) is 0 Å². The van der Waals surface area contributed by atoms with E-state index >= 15 is 0 Å². The number of hydrogen-bond donors (Lipinski definition) is 0. The van der Waals surface area contributed by atoms with E-state index in [4.69, 9.17) is 4.42 Å². The Labute approximate surface area is 167 Å². The van der Waals surface area contributed by atoms with Crippen molar-refractivity contribution in [3.8, 4) is 0 Å². The quantitative estimate of drug-likeness (QED) is 0.297. The minimum Gasteiger partial charge on any atom is -0.462 e. The highest BCUT2D eigenvalue weighted by Gasteiger charge is 2.54. The molecule has 0 amide bonds. The van der Waals surface area contributed by atoms with E-state index in [2.05, 4.69) is 93.3 Å². The van der Waals surface area contributed by atoms with Crippen molar-refractivity contribution >= 4 is 63.0 Å². The van der Waals surface area contributed by atoms with Gasteiger partial charge in [-0.1, -0.05) is 42.5 Å². The Morgan fingerprint density at radius 2 is 1.07 bits per heavy atom. The molecular formula is C24H14BN3O. The van der Waals surface area contributed by atoms with E-state index in [1.54, 1.807) is 0 Å². The Balaban J connectivity index is 1.62. The van der Waals surface area contributed by atoms with Crippen molar-refractivity contribution < 1.29 is 4.42 Å². The molecule has 0 saturated carbocycles. The summed E-state index contributed by atoms with van der Waals surface area (Å²) in [4.78, 5) is 7.36. The van der Waals surface area contributed by atoms with E-state index in [9.17, 15) is 0 Å². The summed E-state index contributed by atoms with van der Waals surface area (Å²) in [6, 6.07) is 28.3. The van der Waals surface area contributed by atoms with Crippen molar-refractivity contribution in [2.75, 3.05) is 14.4 Å². The lowest BCUT2D eigenvalue weighted by atomic mass is 9.76. The van der Waals surface area contributed by atoms with Crippen LogP contribution in [0.25, 0.3) is 21.7 Å². The third-order valence-electron chi connectivity index (χ3n) is 6.55. The van der Waals surface area contributed by atoms with Crippen LogP contribution in [0.4, 0.5) is 34.1 Å². The van der Waals surface area contributed by atoms with E-state index in [1.165, 1.54) is 44.6 Å². The van der Waals surface area contributed by atoms with Gasteiger partial charge in [-0.15, -0.1) is 0 Å². The number of anilines is 6. The maximum atomic E-state index is 6.00. The summed E-state index contributed by atoms with van der Waals surface area (Å²) in [6.07, 6.45) is 1.91. The third kappa shape index (κ3) is 1.46. The molecule has 5 heteroatoms. The number of rotatable bonds is 0. The second kappa shape index (κ2) is 4.58. The van der Waals surface area contributed by atoms with Crippen molar-refractivity contribution in [3.63, 3.8) is 0 Å². The largest absolute Gasteiger partial charge is 0.519 e. The highest BCUT2D eigenvalue weighted by molar-refractivity contribution is 6.80. The minimum atomic E-state index is 0.0172. The van der Waals surface area contributed by atoms with Gasteiger partial charge in [0.05, 0.1) is 22.4 Å². The molecule has 4 aromatic carbocycles. The van der Waals surface area contributed by atoms with Crippen LogP contribution in [0.1, 0.15) is 0 Å². The van der Waals surface area contributed by atoms with E-state index in [0.717, 1.165) is 11.3 Å². The average molecular weight is 371 g/mol. The zero-order chi connectivity index (χ0) is 18.7. The molecule has 0 spiro atoms. The lowest BCUT2D eigenvalue weighted by Gasteiger charge is -2.45.